The first kappa shape index (κ1) is 13.6. The van der Waals surface area contributed by atoms with Crippen LogP contribution < -0.4 is 5.32 Å². The van der Waals surface area contributed by atoms with E-state index in [1.165, 1.54) is 0 Å². The number of hydrogen-bond acceptors (Lipinski definition) is 2. The van der Waals surface area contributed by atoms with Crippen LogP contribution in [0, 0.1) is 6.92 Å². The van der Waals surface area contributed by atoms with Crippen LogP contribution in [0.4, 0.5) is 5.69 Å². The number of carbonyl (C=O) groups is 1. The fraction of sp³-hybridized carbons (Fsp3) is 0.125. The van der Waals surface area contributed by atoms with E-state index in [2.05, 4.69) is 15.3 Å². The number of aromatic amines is 1. The summed E-state index contributed by atoms with van der Waals surface area (Å²) in [5, 5.41) is 3.55. The Kier molecular flexibility index (Phi) is 3.62. The predicted octanol–water partition coefficient (Wildman–Crippen LogP) is 3.71. The topological polar surface area (TPSA) is 57.8 Å². The molecule has 0 aliphatic rings. The van der Waals surface area contributed by atoms with Crippen LogP contribution >= 0.6 is 11.6 Å². The molecule has 0 saturated heterocycles. The number of rotatable bonds is 3. The van der Waals surface area contributed by atoms with Gasteiger partial charge in [-0.2, -0.15) is 0 Å². The van der Waals surface area contributed by atoms with E-state index in [1.807, 2.05) is 37.3 Å². The van der Waals surface area contributed by atoms with Gasteiger partial charge in [-0.15, -0.1) is 0 Å². The maximum absolute atomic E-state index is 12.0. The van der Waals surface area contributed by atoms with Crippen molar-refractivity contribution < 1.29 is 4.79 Å². The third-order valence-corrected chi connectivity index (χ3v) is 3.41. The zero-order chi connectivity index (χ0) is 14.8. The number of fused-ring (bicyclic) bond motifs is 1. The van der Waals surface area contributed by atoms with Gasteiger partial charge in [0.2, 0.25) is 5.91 Å². The van der Waals surface area contributed by atoms with Crippen LogP contribution in [-0.2, 0) is 11.2 Å². The zero-order valence-corrected chi connectivity index (χ0v) is 12.2. The van der Waals surface area contributed by atoms with Crippen molar-refractivity contribution in [3.8, 4) is 0 Å². The lowest BCUT2D eigenvalue weighted by Crippen LogP contribution is -2.14. The Morgan fingerprint density at radius 2 is 2.00 bits per heavy atom. The summed E-state index contributed by atoms with van der Waals surface area (Å²) in [6, 6.07) is 12.9. The largest absolute Gasteiger partial charge is 0.342 e. The molecule has 1 amide bonds. The molecule has 0 unspecified atom stereocenters. The quantitative estimate of drug-likeness (QED) is 0.774. The van der Waals surface area contributed by atoms with E-state index < -0.39 is 0 Å². The van der Waals surface area contributed by atoms with E-state index in [0.717, 1.165) is 28.1 Å². The lowest BCUT2D eigenvalue weighted by atomic mass is 10.1. The second-order valence-electron chi connectivity index (χ2n) is 4.91. The van der Waals surface area contributed by atoms with Gasteiger partial charge in [-0.1, -0.05) is 23.7 Å². The molecule has 2 N–H and O–H groups in total. The van der Waals surface area contributed by atoms with Crippen LogP contribution in [0.25, 0.3) is 11.0 Å². The normalized spacial score (nSPS) is 10.8. The molecule has 3 rings (SSSR count). The summed E-state index contributed by atoms with van der Waals surface area (Å²) < 4.78 is 0. The van der Waals surface area contributed by atoms with Crippen molar-refractivity contribution >= 4 is 34.2 Å². The number of nitrogens with one attached hydrogen (secondary N) is 2. The Morgan fingerprint density at radius 3 is 2.76 bits per heavy atom. The second-order valence-corrected chi connectivity index (χ2v) is 5.34. The Morgan fingerprint density at radius 1 is 1.24 bits per heavy atom. The average Bonchev–Trinajstić information content (AvgIpc) is 2.80. The van der Waals surface area contributed by atoms with Crippen LogP contribution in [0.2, 0.25) is 5.02 Å². The third-order valence-electron chi connectivity index (χ3n) is 3.16. The molecular weight excluding hydrogens is 286 g/mol. The minimum atomic E-state index is -0.0621. The minimum absolute atomic E-state index is 0.0621. The minimum Gasteiger partial charge on any atom is -0.342 e. The Bertz CT molecular complexity index is 793. The molecule has 0 fully saturated rings. The smallest absolute Gasteiger partial charge is 0.228 e. The van der Waals surface area contributed by atoms with Gasteiger partial charge in [0.1, 0.15) is 5.82 Å². The lowest BCUT2D eigenvalue weighted by Gasteiger charge is -2.05. The number of aromatic nitrogens is 2. The van der Waals surface area contributed by atoms with Gasteiger partial charge in [0.25, 0.3) is 0 Å². The Balaban J connectivity index is 1.71. The molecule has 0 bridgehead atoms. The van der Waals surface area contributed by atoms with Gasteiger partial charge >= 0.3 is 0 Å². The lowest BCUT2D eigenvalue weighted by molar-refractivity contribution is -0.115. The van der Waals surface area contributed by atoms with Crippen molar-refractivity contribution in [2.75, 3.05) is 5.32 Å². The highest BCUT2D eigenvalue weighted by Gasteiger charge is 2.06. The Labute approximate surface area is 127 Å². The molecule has 0 radical (unpaired) electrons. The molecule has 0 spiro atoms. The van der Waals surface area contributed by atoms with Gasteiger partial charge in [-0.25, -0.2) is 4.98 Å². The van der Waals surface area contributed by atoms with Crippen LogP contribution in [-0.4, -0.2) is 15.9 Å². The van der Waals surface area contributed by atoms with Gasteiger partial charge in [-0.05, 0) is 42.8 Å². The zero-order valence-electron chi connectivity index (χ0n) is 11.5. The molecule has 0 aliphatic heterocycles. The number of carbonyl (C=O) groups excluding carboxylic acids is 1. The van der Waals surface area contributed by atoms with Crippen molar-refractivity contribution in [3.63, 3.8) is 0 Å². The van der Waals surface area contributed by atoms with E-state index in [0.29, 0.717) is 11.4 Å². The summed E-state index contributed by atoms with van der Waals surface area (Å²) in [7, 11) is 0. The highest BCUT2D eigenvalue weighted by molar-refractivity contribution is 6.30. The molecule has 106 valence electrons. The first-order chi connectivity index (χ1) is 10.1. The predicted molar refractivity (Wildman–Crippen MR) is 84.6 cm³/mol. The second kappa shape index (κ2) is 5.58. The van der Waals surface area contributed by atoms with E-state index in [-0.39, 0.29) is 5.91 Å². The van der Waals surface area contributed by atoms with Crippen molar-refractivity contribution in [3.05, 3.63) is 58.9 Å². The molecule has 0 atom stereocenters. The standard InChI is InChI=1S/C16H14ClN3O/c1-10-18-14-7-6-13(9-15(14)19-10)20-16(21)8-11-2-4-12(17)5-3-11/h2-7,9H,8H2,1H3,(H,18,19)(H,20,21). The van der Waals surface area contributed by atoms with Crippen molar-refractivity contribution in [2.45, 2.75) is 13.3 Å². The number of hydrogen-bond donors (Lipinski definition) is 2. The van der Waals surface area contributed by atoms with E-state index >= 15 is 0 Å². The van der Waals surface area contributed by atoms with Crippen LogP contribution in [0.5, 0.6) is 0 Å². The average molecular weight is 300 g/mol. The molecule has 2 aromatic carbocycles. The maximum atomic E-state index is 12.0. The van der Waals surface area contributed by atoms with Crippen LogP contribution in [0.15, 0.2) is 42.5 Å². The monoisotopic (exact) mass is 299 g/mol. The number of H-pyrrole nitrogens is 1. The summed E-state index contributed by atoms with van der Waals surface area (Å²) in [6.07, 6.45) is 0.317. The summed E-state index contributed by atoms with van der Waals surface area (Å²) in [4.78, 5) is 19.5. The van der Waals surface area contributed by atoms with Crippen molar-refractivity contribution in [1.29, 1.82) is 0 Å². The van der Waals surface area contributed by atoms with Crippen LogP contribution in [0.3, 0.4) is 0 Å². The van der Waals surface area contributed by atoms with Gasteiger partial charge in [0.05, 0.1) is 17.5 Å². The third kappa shape index (κ3) is 3.23. The first-order valence-electron chi connectivity index (χ1n) is 6.61. The highest BCUT2D eigenvalue weighted by atomic mass is 35.5. The van der Waals surface area contributed by atoms with Crippen LogP contribution in [0.1, 0.15) is 11.4 Å². The molecule has 0 aliphatic carbocycles. The number of benzene rings is 2. The van der Waals surface area contributed by atoms with Gasteiger partial charge in [0.15, 0.2) is 0 Å². The van der Waals surface area contributed by atoms with Gasteiger partial charge in [0, 0.05) is 10.7 Å². The van der Waals surface area contributed by atoms with E-state index in [1.54, 1.807) is 12.1 Å². The molecule has 0 saturated carbocycles. The summed E-state index contributed by atoms with van der Waals surface area (Å²) >= 11 is 5.83. The molecule has 1 aromatic heterocycles. The molecular formula is C16H14ClN3O. The summed E-state index contributed by atoms with van der Waals surface area (Å²) in [5.41, 5.74) is 3.49. The fourth-order valence-electron chi connectivity index (χ4n) is 2.21. The molecule has 21 heavy (non-hydrogen) atoms. The first-order valence-corrected chi connectivity index (χ1v) is 6.98. The van der Waals surface area contributed by atoms with Gasteiger partial charge < -0.3 is 10.3 Å². The fourth-order valence-corrected chi connectivity index (χ4v) is 2.33. The number of imidazole rings is 1. The number of amides is 1. The molecule has 4 nitrogen and oxygen atoms in total. The summed E-state index contributed by atoms with van der Waals surface area (Å²) in [5.74, 6) is 0.794. The Hall–Kier alpha value is -2.33. The number of halogens is 1. The van der Waals surface area contributed by atoms with E-state index in [4.69, 9.17) is 11.6 Å². The molecule has 3 aromatic rings. The highest BCUT2D eigenvalue weighted by Crippen LogP contribution is 2.17. The molecule has 1 heterocycles. The van der Waals surface area contributed by atoms with E-state index in [9.17, 15) is 4.79 Å². The molecule has 5 heteroatoms. The van der Waals surface area contributed by atoms with Crippen molar-refractivity contribution in [1.82, 2.24) is 9.97 Å². The summed E-state index contributed by atoms with van der Waals surface area (Å²) in [6.45, 7) is 1.90. The van der Waals surface area contributed by atoms with Gasteiger partial charge in [-0.3, -0.25) is 4.79 Å². The number of anilines is 1. The maximum Gasteiger partial charge on any atom is 0.228 e. The SMILES string of the molecule is Cc1nc2ccc(NC(=O)Cc3ccc(Cl)cc3)cc2[nH]1. The number of nitrogens with zero attached hydrogens (tertiary/aromatic N) is 1. The van der Waals surface area contributed by atoms with Crippen molar-refractivity contribution in [2.24, 2.45) is 0 Å². The number of aryl methyl sites for hydroxylation is 1.